The van der Waals surface area contributed by atoms with Gasteiger partial charge in [0.2, 0.25) is 0 Å². The van der Waals surface area contributed by atoms with E-state index < -0.39 is 0 Å². The molecule has 3 rings (SSSR count). The van der Waals surface area contributed by atoms with Gasteiger partial charge in [0.15, 0.2) is 0 Å². The van der Waals surface area contributed by atoms with Crippen molar-refractivity contribution in [3.05, 3.63) is 48.0 Å². The smallest absolute Gasteiger partial charge is 0.0205 e. The molecule has 1 saturated carbocycles. The molecule has 0 heterocycles. The van der Waals surface area contributed by atoms with Gasteiger partial charge in [-0.1, -0.05) is 43.3 Å². The number of rotatable bonds is 4. The van der Waals surface area contributed by atoms with E-state index in [4.69, 9.17) is 0 Å². The maximum absolute atomic E-state index is 3.57. The Morgan fingerprint density at radius 2 is 1.82 bits per heavy atom. The van der Waals surface area contributed by atoms with Crippen molar-refractivity contribution in [2.75, 3.05) is 6.54 Å². The number of fused-ring (bicyclic) bond motifs is 1. The van der Waals surface area contributed by atoms with Crippen molar-refractivity contribution < 1.29 is 0 Å². The van der Waals surface area contributed by atoms with Crippen molar-refractivity contribution in [1.29, 1.82) is 0 Å². The summed E-state index contributed by atoms with van der Waals surface area (Å²) in [6, 6.07) is 15.3. The van der Waals surface area contributed by atoms with Gasteiger partial charge in [0, 0.05) is 13.1 Å². The SMILES string of the molecule is CC1(CNCc2ccc3ccccc3c2)CC1. The summed E-state index contributed by atoms with van der Waals surface area (Å²) < 4.78 is 0. The van der Waals surface area contributed by atoms with Gasteiger partial charge in [-0.3, -0.25) is 0 Å². The molecule has 0 aliphatic heterocycles. The molecule has 0 bridgehead atoms. The fourth-order valence-corrected chi connectivity index (χ4v) is 2.25. The Morgan fingerprint density at radius 1 is 1.06 bits per heavy atom. The molecule has 1 fully saturated rings. The summed E-state index contributed by atoms with van der Waals surface area (Å²) in [5, 5.41) is 6.23. The standard InChI is InChI=1S/C16H19N/c1-16(8-9-16)12-17-11-13-6-7-14-4-2-3-5-15(14)10-13/h2-7,10,17H,8-9,11-12H2,1H3. The molecule has 1 nitrogen and oxygen atoms in total. The van der Waals surface area contributed by atoms with Crippen molar-refractivity contribution in [3.8, 4) is 0 Å². The van der Waals surface area contributed by atoms with Gasteiger partial charge in [-0.2, -0.15) is 0 Å². The Bertz CT molecular complexity index is 526. The molecule has 0 radical (unpaired) electrons. The molecule has 0 aromatic heterocycles. The lowest BCUT2D eigenvalue weighted by Crippen LogP contribution is -2.21. The molecule has 0 spiro atoms. The molecule has 2 aromatic rings. The quantitative estimate of drug-likeness (QED) is 0.836. The number of nitrogens with one attached hydrogen (secondary N) is 1. The first-order valence-corrected chi connectivity index (χ1v) is 6.44. The summed E-state index contributed by atoms with van der Waals surface area (Å²) >= 11 is 0. The summed E-state index contributed by atoms with van der Waals surface area (Å²) in [6.45, 7) is 4.50. The van der Waals surface area contributed by atoms with Crippen LogP contribution in [0.2, 0.25) is 0 Å². The monoisotopic (exact) mass is 225 g/mol. The molecule has 0 atom stereocenters. The van der Waals surface area contributed by atoms with Crippen LogP contribution in [0, 0.1) is 5.41 Å². The Labute approximate surface area is 103 Å². The molecule has 2 aromatic carbocycles. The van der Waals surface area contributed by atoms with Crippen LogP contribution in [0.1, 0.15) is 25.3 Å². The fourth-order valence-electron chi connectivity index (χ4n) is 2.25. The largest absolute Gasteiger partial charge is 0.312 e. The predicted molar refractivity (Wildman–Crippen MR) is 73.0 cm³/mol. The van der Waals surface area contributed by atoms with Crippen LogP contribution >= 0.6 is 0 Å². The number of hydrogen-bond donors (Lipinski definition) is 1. The summed E-state index contributed by atoms with van der Waals surface area (Å²) in [6.07, 6.45) is 2.77. The number of benzene rings is 2. The van der Waals surface area contributed by atoms with E-state index in [-0.39, 0.29) is 0 Å². The van der Waals surface area contributed by atoms with Crippen molar-refractivity contribution in [3.63, 3.8) is 0 Å². The van der Waals surface area contributed by atoms with E-state index in [1.54, 1.807) is 0 Å². The second-order valence-corrected chi connectivity index (χ2v) is 5.60. The van der Waals surface area contributed by atoms with Gasteiger partial charge in [0.1, 0.15) is 0 Å². The lowest BCUT2D eigenvalue weighted by atomic mass is 10.1. The topological polar surface area (TPSA) is 12.0 Å². The van der Waals surface area contributed by atoms with Crippen LogP contribution in [0.4, 0.5) is 0 Å². The average Bonchev–Trinajstić information content (AvgIpc) is 3.07. The first-order valence-electron chi connectivity index (χ1n) is 6.44. The van der Waals surface area contributed by atoms with E-state index in [0.29, 0.717) is 5.41 Å². The molecular formula is C16H19N. The van der Waals surface area contributed by atoms with Crippen molar-refractivity contribution >= 4 is 10.8 Å². The molecule has 0 unspecified atom stereocenters. The summed E-state index contributed by atoms with van der Waals surface area (Å²) in [4.78, 5) is 0. The minimum Gasteiger partial charge on any atom is -0.312 e. The van der Waals surface area contributed by atoms with E-state index in [9.17, 15) is 0 Å². The van der Waals surface area contributed by atoms with Crippen LogP contribution in [0.3, 0.4) is 0 Å². The predicted octanol–water partition coefficient (Wildman–Crippen LogP) is 3.73. The minimum absolute atomic E-state index is 0.594. The molecule has 1 aliphatic carbocycles. The lowest BCUT2D eigenvalue weighted by Gasteiger charge is -2.10. The summed E-state index contributed by atoms with van der Waals surface area (Å²) in [5.74, 6) is 0. The highest BCUT2D eigenvalue weighted by Gasteiger charge is 2.36. The maximum Gasteiger partial charge on any atom is 0.0205 e. The lowest BCUT2D eigenvalue weighted by molar-refractivity contribution is 0.499. The Hall–Kier alpha value is -1.34. The third-order valence-corrected chi connectivity index (χ3v) is 3.80. The Balaban J connectivity index is 1.68. The average molecular weight is 225 g/mol. The zero-order valence-corrected chi connectivity index (χ0v) is 10.4. The van der Waals surface area contributed by atoms with Gasteiger partial charge >= 0.3 is 0 Å². The molecule has 1 heteroatoms. The Kier molecular flexibility index (Phi) is 2.64. The van der Waals surface area contributed by atoms with Crippen LogP contribution in [0.25, 0.3) is 10.8 Å². The molecule has 88 valence electrons. The van der Waals surface area contributed by atoms with Gasteiger partial charge in [0.05, 0.1) is 0 Å². The van der Waals surface area contributed by atoms with Gasteiger partial charge in [-0.15, -0.1) is 0 Å². The normalized spacial score (nSPS) is 17.2. The van der Waals surface area contributed by atoms with Crippen LogP contribution in [-0.2, 0) is 6.54 Å². The summed E-state index contributed by atoms with van der Waals surface area (Å²) in [7, 11) is 0. The first kappa shape index (κ1) is 10.8. The highest BCUT2D eigenvalue weighted by molar-refractivity contribution is 5.82. The van der Waals surface area contributed by atoms with Crippen molar-refractivity contribution in [1.82, 2.24) is 5.32 Å². The van der Waals surface area contributed by atoms with Crippen molar-refractivity contribution in [2.45, 2.75) is 26.3 Å². The van der Waals surface area contributed by atoms with E-state index in [2.05, 4.69) is 54.7 Å². The zero-order valence-electron chi connectivity index (χ0n) is 10.4. The van der Waals surface area contributed by atoms with Gasteiger partial charge < -0.3 is 5.32 Å². The van der Waals surface area contributed by atoms with E-state index in [1.165, 1.54) is 29.2 Å². The minimum atomic E-state index is 0.594. The van der Waals surface area contributed by atoms with Crippen molar-refractivity contribution in [2.24, 2.45) is 5.41 Å². The van der Waals surface area contributed by atoms with Crippen LogP contribution in [0.15, 0.2) is 42.5 Å². The second-order valence-electron chi connectivity index (χ2n) is 5.60. The van der Waals surface area contributed by atoms with Gasteiger partial charge in [-0.25, -0.2) is 0 Å². The van der Waals surface area contributed by atoms with Crippen LogP contribution < -0.4 is 5.32 Å². The third kappa shape index (κ3) is 2.50. The molecule has 1 N–H and O–H groups in total. The van der Waals surface area contributed by atoms with Crippen LogP contribution in [-0.4, -0.2) is 6.54 Å². The summed E-state index contributed by atoms with van der Waals surface area (Å²) in [5.41, 5.74) is 1.98. The maximum atomic E-state index is 3.57. The van der Waals surface area contributed by atoms with E-state index in [1.807, 2.05) is 0 Å². The number of hydrogen-bond acceptors (Lipinski definition) is 1. The molecule has 1 aliphatic rings. The van der Waals surface area contributed by atoms with Crippen LogP contribution in [0.5, 0.6) is 0 Å². The Morgan fingerprint density at radius 3 is 2.59 bits per heavy atom. The molecule has 0 saturated heterocycles. The molecule has 17 heavy (non-hydrogen) atoms. The first-order chi connectivity index (χ1) is 8.25. The van der Waals surface area contributed by atoms with E-state index >= 15 is 0 Å². The zero-order chi connectivity index (χ0) is 11.7. The highest BCUT2D eigenvalue weighted by atomic mass is 14.9. The highest BCUT2D eigenvalue weighted by Crippen LogP contribution is 2.44. The second kappa shape index (κ2) is 4.15. The third-order valence-electron chi connectivity index (χ3n) is 3.80. The van der Waals surface area contributed by atoms with Gasteiger partial charge in [0.25, 0.3) is 0 Å². The van der Waals surface area contributed by atoms with Gasteiger partial charge in [-0.05, 0) is 40.7 Å². The fraction of sp³-hybridized carbons (Fsp3) is 0.375. The molecular weight excluding hydrogens is 206 g/mol. The van der Waals surface area contributed by atoms with E-state index in [0.717, 1.165) is 13.1 Å². The molecule has 0 amide bonds.